The third kappa shape index (κ3) is 4.44. The molecule has 162 valence electrons. The smallest absolute Gasteiger partial charge is 0.318 e. The Morgan fingerprint density at radius 3 is 2.68 bits per heavy atom. The van der Waals surface area contributed by atoms with Gasteiger partial charge in [-0.1, -0.05) is 30.3 Å². The minimum absolute atomic E-state index is 0.0817. The van der Waals surface area contributed by atoms with Crippen LogP contribution in [0.25, 0.3) is 5.69 Å². The van der Waals surface area contributed by atoms with Crippen LogP contribution in [-0.2, 0) is 11.3 Å². The molecule has 2 heterocycles. The topological polar surface area (TPSA) is 55.7 Å². The molecule has 1 aliphatic heterocycles. The van der Waals surface area contributed by atoms with Crippen LogP contribution in [0.4, 0.5) is 4.79 Å². The van der Waals surface area contributed by atoms with Crippen LogP contribution in [0.3, 0.4) is 0 Å². The molecule has 1 aromatic heterocycles. The average molecular weight is 420 g/mol. The van der Waals surface area contributed by atoms with Crippen molar-refractivity contribution >= 4 is 6.03 Å². The molecule has 0 bridgehead atoms. The van der Waals surface area contributed by atoms with E-state index in [1.54, 1.807) is 7.11 Å². The van der Waals surface area contributed by atoms with E-state index in [4.69, 9.17) is 9.47 Å². The fourth-order valence-electron chi connectivity index (χ4n) is 4.09. The summed E-state index contributed by atoms with van der Waals surface area (Å²) in [7, 11) is 1.66. The van der Waals surface area contributed by atoms with Crippen LogP contribution in [0, 0.1) is 0 Å². The predicted molar refractivity (Wildman–Crippen MR) is 121 cm³/mol. The van der Waals surface area contributed by atoms with Gasteiger partial charge in [0, 0.05) is 31.6 Å². The first kappa shape index (κ1) is 21.0. The molecule has 1 aliphatic rings. The molecule has 2 aromatic carbocycles. The largest absolute Gasteiger partial charge is 0.497 e. The normalized spacial score (nSPS) is 15.0. The van der Waals surface area contributed by atoms with E-state index in [1.165, 1.54) is 0 Å². The number of nitrogens with one attached hydrogen (secondary N) is 1. The van der Waals surface area contributed by atoms with Crippen molar-refractivity contribution in [2.45, 2.75) is 25.9 Å². The second-order valence-electron chi connectivity index (χ2n) is 7.52. The van der Waals surface area contributed by atoms with Crippen LogP contribution in [0.1, 0.15) is 36.2 Å². The molecule has 0 radical (unpaired) electrons. The number of ether oxygens (including phenoxy) is 2. The summed E-state index contributed by atoms with van der Waals surface area (Å²) in [6, 6.07) is 20.0. The molecule has 2 amide bonds. The monoisotopic (exact) mass is 419 g/mol. The third-order valence-electron chi connectivity index (χ3n) is 5.60. The van der Waals surface area contributed by atoms with Gasteiger partial charge < -0.3 is 24.3 Å². The standard InChI is InChI=1S/C25H29N3O3/c1-3-31-17-7-15-26-25(29)28-18-20-8-4-5-9-22(20)27-16-6-10-23(27)24(28)19-11-13-21(30-2)14-12-19/h4-6,8-14,16,24H,3,7,15,17-18H2,1-2H3,(H,26,29)/t24-/m0/s1. The molecule has 6 heteroatoms. The summed E-state index contributed by atoms with van der Waals surface area (Å²) in [5.74, 6) is 0.794. The average Bonchev–Trinajstić information content (AvgIpc) is 3.23. The van der Waals surface area contributed by atoms with E-state index in [-0.39, 0.29) is 12.1 Å². The number of aromatic nitrogens is 1. The maximum absolute atomic E-state index is 13.4. The van der Waals surface area contributed by atoms with E-state index in [0.29, 0.717) is 26.3 Å². The van der Waals surface area contributed by atoms with Crippen LogP contribution >= 0.6 is 0 Å². The maximum Gasteiger partial charge on any atom is 0.318 e. The Kier molecular flexibility index (Phi) is 6.57. The molecule has 0 spiro atoms. The summed E-state index contributed by atoms with van der Waals surface area (Å²) in [5, 5.41) is 3.09. The molecule has 6 nitrogen and oxygen atoms in total. The van der Waals surface area contributed by atoms with E-state index in [1.807, 2.05) is 54.3 Å². The number of carbonyl (C=O) groups excluding carboxylic acids is 1. The number of urea groups is 1. The van der Waals surface area contributed by atoms with Crippen molar-refractivity contribution in [1.29, 1.82) is 0 Å². The number of fused-ring (bicyclic) bond motifs is 3. The van der Waals surface area contributed by atoms with Gasteiger partial charge in [-0.25, -0.2) is 4.79 Å². The van der Waals surface area contributed by atoms with E-state index in [9.17, 15) is 4.79 Å². The van der Waals surface area contributed by atoms with Crippen molar-refractivity contribution in [2.24, 2.45) is 0 Å². The van der Waals surface area contributed by atoms with E-state index in [2.05, 4.69) is 34.3 Å². The van der Waals surface area contributed by atoms with Crippen molar-refractivity contribution in [3.05, 3.63) is 83.7 Å². The Hall–Kier alpha value is -3.25. The molecule has 0 aliphatic carbocycles. The molecular weight excluding hydrogens is 390 g/mol. The lowest BCUT2D eigenvalue weighted by molar-refractivity contribution is 0.143. The van der Waals surface area contributed by atoms with Gasteiger partial charge >= 0.3 is 6.03 Å². The zero-order valence-electron chi connectivity index (χ0n) is 18.1. The number of hydrogen-bond donors (Lipinski definition) is 1. The summed E-state index contributed by atoms with van der Waals surface area (Å²) in [6.07, 6.45) is 2.85. The third-order valence-corrected chi connectivity index (χ3v) is 5.60. The Bertz CT molecular complexity index is 1010. The van der Waals surface area contributed by atoms with Gasteiger partial charge in [-0.05, 0) is 54.8 Å². The number of amides is 2. The Balaban J connectivity index is 1.70. The van der Waals surface area contributed by atoms with Crippen LogP contribution in [0.15, 0.2) is 66.9 Å². The molecule has 0 saturated carbocycles. The lowest BCUT2D eigenvalue weighted by Gasteiger charge is -2.31. The first-order valence-corrected chi connectivity index (χ1v) is 10.7. The van der Waals surface area contributed by atoms with Crippen molar-refractivity contribution < 1.29 is 14.3 Å². The first-order chi connectivity index (χ1) is 15.2. The quantitative estimate of drug-likeness (QED) is 0.573. The number of rotatable bonds is 7. The van der Waals surface area contributed by atoms with Crippen molar-refractivity contribution in [3.8, 4) is 11.4 Å². The van der Waals surface area contributed by atoms with Crippen LogP contribution in [0.2, 0.25) is 0 Å². The SMILES string of the molecule is CCOCCCNC(=O)N1Cc2ccccc2-n2cccc2[C@@H]1c1ccc(OC)cc1. The Morgan fingerprint density at radius 2 is 1.90 bits per heavy atom. The predicted octanol–water partition coefficient (Wildman–Crippen LogP) is 4.53. The number of carbonyl (C=O) groups is 1. The van der Waals surface area contributed by atoms with Gasteiger partial charge in [-0.3, -0.25) is 0 Å². The molecule has 0 saturated heterocycles. The summed E-state index contributed by atoms with van der Waals surface area (Å²) >= 11 is 0. The molecular formula is C25H29N3O3. The summed E-state index contributed by atoms with van der Waals surface area (Å²) in [5.41, 5.74) is 4.31. The van der Waals surface area contributed by atoms with Gasteiger partial charge in [0.15, 0.2) is 0 Å². The minimum Gasteiger partial charge on any atom is -0.497 e. The van der Waals surface area contributed by atoms with Gasteiger partial charge in [0.1, 0.15) is 5.75 Å². The molecule has 31 heavy (non-hydrogen) atoms. The van der Waals surface area contributed by atoms with E-state index < -0.39 is 0 Å². The second-order valence-corrected chi connectivity index (χ2v) is 7.52. The highest BCUT2D eigenvalue weighted by molar-refractivity contribution is 5.76. The second kappa shape index (κ2) is 9.71. The van der Waals surface area contributed by atoms with Gasteiger partial charge in [-0.15, -0.1) is 0 Å². The van der Waals surface area contributed by atoms with Crippen molar-refractivity contribution in [3.63, 3.8) is 0 Å². The van der Waals surface area contributed by atoms with Crippen molar-refractivity contribution in [2.75, 3.05) is 26.9 Å². The van der Waals surface area contributed by atoms with Gasteiger partial charge in [0.2, 0.25) is 0 Å². The van der Waals surface area contributed by atoms with Gasteiger partial charge in [0.25, 0.3) is 0 Å². The lowest BCUT2D eigenvalue weighted by Crippen LogP contribution is -2.42. The molecule has 3 aromatic rings. The molecule has 1 atom stereocenters. The number of nitrogens with zero attached hydrogens (tertiary/aromatic N) is 2. The van der Waals surface area contributed by atoms with E-state index >= 15 is 0 Å². The number of para-hydroxylation sites is 1. The zero-order valence-corrected chi connectivity index (χ0v) is 18.1. The highest BCUT2D eigenvalue weighted by Gasteiger charge is 2.32. The number of benzene rings is 2. The summed E-state index contributed by atoms with van der Waals surface area (Å²) in [4.78, 5) is 15.3. The number of hydrogen-bond acceptors (Lipinski definition) is 3. The Morgan fingerprint density at radius 1 is 1.10 bits per heavy atom. The lowest BCUT2D eigenvalue weighted by atomic mass is 10.0. The van der Waals surface area contributed by atoms with Crippen molar-refractivity contribution in [1.82, 2.24) is 14.8 Å². The fourth-order valence-corrected chi connectivity index (χ4v) is 4.09. The van der Waals surface area contributed by atoms with Crippen LogP contribution < -0.4 is 10.1 Å². The molecule has 0 unspecified atom stereocenters. The Labute approximate surface area is 183 Å². The van der Waals surface area contributed by atoms with Gasteiger partial charge in [-0.2, -0.15) is 0 Å². The summed E-state index contributed by atoms with van der Waals surface area (Å²) < 4.78 is 12.9. The highest BCUT2D eigenvalue weighted by Crippen LogP contribution is 2.37. The summed E-state index contributed by atoms with van der Waals surface area (Å²) in [6.45, 7) is 4.40. The zero-order chi connectivity index (χ0) is 21.6. The maximum atomic E-state index is 13.4. The molecule has 1 N–H and O–H groups in total. The minimum atomic E-state index is -0.222. The fraction of sp³-hybridized carbons (Fsp3) is 0.320. The number of methoxy groups -OCH3 is 1. The molecule has 4 rings (SSSR count). The van der Waals surface area contributed by atoms with Gasteiger partial charge in [0.05, 0.1) is 25.4 Å². The van der Waals surface area contributed by atoms with Crippen LogP contribution in [0.5, 0.6) is 5.75 Å². The highest BCUT2D eigenvalue weighted by atomic mass is 16.5. The van der Waals surface area contributed by atoms with E-state index in [0.717, 1.165) is 34.7 Å². The van der Waals surface area contributed by atoms with Crippen LogP contribution in [-0.4, -0.2) is 42.4 Å². The first-order valence-electron chi connectivity index (χ1n) is 10.7. The molecule has 0 fully saturated rings.